The molecule has 0 aliphatic heterocycles. The molecule has 0 aromatic carbocycles. The van der Waals surface area contributed by atoms with Crippen LogP contribution < -0.4 is 0 Å². The van der Waals surface area contributed by atoms with Crippen molar-refractivity contribution in [3.05, 3.63) is 18.0 Å². The molecule has 0 atom stereocenters. The van der Waals surface area contributed by atoms with Crippen LogP contribution in [0.4, 0.5) is 0 Å². The van der Waals surface area contributed by atoms with Gasteiger partial charge in [0.2, 0.25) is 0 Å². The van der Waals surface area contributed by atoms with Crippen molar-refractivity contribution in [2.45, 2.75) is 26.2 Å². The number of nitrogens with zero attached hydrogens (tertiary/aromatic N) is 2. The highest BCUT2D eigenvalue weighted by atomic mass is 16.2. The van der Waals surface area contributed by atoms with E-state index in [0.29, 0.717) is 5.56 Å². The molecule has 2 rings (SSSR count). The highest BCUT2D eigenvalue weighted by Gasteiger charge is 2.26. The topological polar surface area (TPSA) is 49.0 Å². The van der Waals surface area contributed by atoms with Gasteiger partial charge in [0.25, 0.3) is 5.91 Å². The number of amides is 1. The molecule has 82 valence electrons. The highest BCUT2D eigenvalue weighted by molar-refractivity contribution is 5.93. The summed E-state index contributed by atoms with van der Waals surface area (Å²) >= 11 is 0. The van der Waals surface area contributed by atoms with E-state index in [0.717, 1.165) is 25.4 Å². The van der Waals surface area contributed by atoms with Crippen molar-refractivity contribution >= 4 is 5.91 Å². The number of hydrogen-bond donors (Lipinski definition) is 1. The van der Waals surface area contributed by atoms with Gasteiger partial charge in [-0.3, -0.25) is 9.89 Å². The fraction of sp³-hybridized carbons (Fsp3) is 0.636. The summed E-state index contributed by atoms with van der Waals surface area (Å²) < 4.78 is 0. The quantitative estimate of drug-likeness (QED) is 0.798. The van der Waals surface area contributed by atoms with Crippen molar-refractivity contribution in [3.63, 3.8) is 0 Å². The Balaban J connectivity index is 1.99. The Labute approximate surface area is 89.7 Å². The van der Waals surface area contributed by atoms with Gasteiger partial charge in [0.05, 0.1) is 11.8 Å². The van der Waals surface area contributed by atoms with Gasteiger partial charge in [0.1, 0.15) is 0 Å². The second-order valence-corrected chi connectivity index (χ2v) is 4.18. The molecule has 0 bridgehead atoms. The van der Waals surface area contributed by atoms with Gasteiger partial charge >= 0.3 is 0 Å². The lowest BCUT2D eigenvalue weighted by Crippen LogP contribution is -2.33. The number of aromatic nitrogens is 2. The van der Waals surface area contributed by atoms with Crippen LogP contribution in [0.5, 0.6) is 0 Å². The molecule has 1 aliphatic carbocycles. The second-order valence-electron chi connectivity index (χ2n) is 4.18. The second kappa shape index (κ2) is 4.47. The summed E-state index contributed by atoms with van der Waals surface area (Å²) in [5, 5.41) is 6.49. The molecule has 1 N–H and O–H groups in total. The van der Waals surface area contributed by atoms with Crippen molar-refractivity contribution in [2.75, 3.05) is 13.1 Å². The predicted molar refractivity (Wildman–Crippen MR) is 57.5 cm³/mol. The molecule has 0 radical (unpaired) electrons. The summed E-state index contributed by atoms with van der Waals surface area (Å²) in [6.45, 7) is 3.86. The first-order chi connectivity index (χ1) is 7.31. The van der Waals surface area contributed by atoms with E-state index in [4.69, 9.17) is 0 Å². The molecule has 1 heterocycles. The summed E-state index contributed by atoms with van der Waals surface area (Å²) in [5.41, 5.74) is 0.670. The molecule has 1 saturated carbocycles. The van der Waals surface area contributed by atoms with Gasteiger partial charge < -0.3 is 4.90 Å². The third kappa shape index (κ3) is 2.58. The molecule has 1 amide bonds. The molecule has 4 nitrogen and oxygen atoms in total. The lowest BCUT2D eigenvalue weighted by molar-refractivity contribution is 0.0748. The van der Waals surface area contributed by atoms with E-state index in [9.17, 15) is 4.79 Å². The smallest absolute Gasteiger partial charge is 0.257 e. The minimum absolute atomic E-state index is 0.109. The molecule has 1 fully saturated rings. The molecule has 1 aromatic rings. The zero-order valence-electron chi connectivity index (χ0n) is 9.07. The molecule has 1 aromatic heterocycles. The summed E-state index contributed by atoms with van der Waals surface area (Å²) in [4.78, 5) is 14.0. The van der Waals surface area contributed by atoms with Crippen LogP contribution in [0.2, 0.25) is 0 Å². The van der Waals surface area contributed by atoms with Crippen molar-refractivity contribution < 1.29 is 4.79 Å². The summed E-state index contributed by atoms with van der Waals surface area (Å²) in [6.07, 6.45) is 6.82. The Kier molecular flexibility index (Phi) is 3.04. The first kappa shape index (κ1) is 10.2. The highest BCUT2D eigenvalue weighted by Crippen LogP contribution is 2.30. The SMILES string of the molecule is CCCN(CC1CC1)C(=O)c1cn[nH]c1. The van der Waals surface area contributed by atoms with Crippen LogP contribution in [0.1, 0.15) is 36.5 Å². The van der Waals surface area contributed by atoms with E-state index in [2.05, 4.69) is 17.1 Å². The molecule has 4 heteroatoms. The molecule has 15 heavy (non-hydrogen) atoms. The summed E-state index contributed by atoms with van der Waals surface area (Å²) in [6, 6.07) is 0. The Morgan fingerprint density at radius 1 is 1.67 bits per heavy atom. The fourth-order valence-corrected chi connectivity index (χ4v) is 1.71. The maximum absolute atomic E-state index is 12.0. The van der Waals surface area contributed by atoms with Crippen LogP contribution in [0, 0.1) is 5.92 Å². The van der Waals surface area contributed by atoms with Crippen molar-refractivity contribution in [3.8, 4) is 0 Å². The van der Waals surface area contributed by atoms with E-state index in [1.54, 1.807) is 12.4 Å². The van der Waals surface area contributed by atoms with Crippen LogP contribution in [0.25, 0.3) is 0 Å². The minimum atomic E-state index is 0.109. The fourth-order valence-electron chi connectivity index (χ4n) is 1.71. The standard InChI is InChI=1S/C11H17N3O/c1-2-5-14(8-9-3-4-9)11(15)10-6-12-13-7-10/h6-7,9H,2-5,8H2,1H3,(H,12,13). The maximum Gasteiger partial charge on any atom is 0.257 e. The van der Waals surface area contributed by atoms with Crippen LogP contribution in [-0.2, 0) is 0 Å². The Hall–Kier alpha value is -1.32. The minimum Gasteiger partial charge on any atom is -0.338 e. The molecule has 0 saturated heterocycles. The van der Waals surface area contributed by atoms with Gasteiger partial charge in [0.15, 0.2) is 0 Å². The van der Waals surface area contributed by atoms with E-state index in [-0.39, 0.29) is 5.91 Å². The number of H-pyrrole nitrogens is 1. The van der Waals surface area contributed by atoms with Crippen molar-refractivity contribution in [1.82, 2.24) is 15.1 Å². The monoisotopic (exact) mass is 207 g/mol. The van der Waals surface area contributed by atoms with Crippen LogP contribution in [-0.4, -0.2) is 34.1 Å². The average Bonchev–Trinajstić information content (AvgIpc) is 2.88. The zero-order valence-corrected chi connectivity index (χ0v) is 9.07. The number of nitrogens with one attached hydrogen (secondary N) is 1. The zero-order chi connectivity index (χ0) is 10.7. The third-order valence-electron chi connectivity index (χ3n) is 2.70. The van der Waals surface area contributed by atoms with E-state index in [1.807, 2.05) is 4.90 Å². The van der Waals surface area contributed by atoms with Crippen molar-refractivity contribution in [1.29, 1.82) is 0 Å². The molecular weight excluding hydrogens is 190 g/mol. The molecule has 0 spiro atoms. The lowest BCUT2D eigenvalue weighted by Gasteiger charge is -2.21. The maximum atomic E-state index is 12.0. The van der Waals surface area contributed by atoms with Gasteiger partial charge in [0, 0.05) is 19.3 Å². The summed E-state index contributed by atoms with van der Waals surface area (Å²) in [7, 11) is 0. The first-order valence-electron chi connectivity index (χ1n) is 5.59. The Bertz CT molecular complexity index is 317. The van der Waals surface area contributed by atoms with Crippen molar-refractivity contribution in [2.24, 2.45) is 5.92 Å². The Morgan fingerprint density at radius 3 is 3.00 bits per heavy atom. The van der Waals surface area contributed by atoms with Crippen LogP contribution in [0.3, 0.4) is 0 Å². The number of carbonyl (C=O) groups is 1. The van der Waals surface area contributed by atoms with Gasteiger partial charge in [-0.25, -0.2) is 0 Å². The number of aromatic amines is 1. The normalized spacial score (nSPS) is 15.3. The number of carbonyl (C=O) groups excluding carboxylic acids is 1. The summed E-state index contributed by atoms with van der Waals surface area (Å²) in [5.74, 6) is 0.852. The van der Waals surface area contributed by atoms with E-state index in [1.165, 1.54) is 12.8 Å². The largest absolute Gasteiger partial charge is 0.338 e. The lowest BCUT2D eigenvalue weighted by atomic mass is 10.2. The third-order valence-corrected chi connectivity index (χ3v) is 2.70. The van der Waals surface area contributed by atoms with Gasteiger partial charge in [-0.15, -0.1) is 0 Å². The molecule has 1 aliphatic rings. The molecular formula is C11H17N3O. The first-order valence-corrected chi connectivity index (χ1v) is 5.59. The average molecular weight is 207 g/mol. The van der Waals surface area contributed by atoms with Crippen LogP contribution >= 0.6 is 0 Å². The molecule has 0 unspecified atom stereocenters. The number of hydrogen-bond acceptors (Lipinski definition) is 2. The number of rotatable bonds is 5. The van der Waals surface area contributed by atoms with E-state index >= 15 is 0 Å². The van der Waals surface area contributed by atoms with E-state index < -0.39 is 0 Å². The predicted octanol–water partition coefficient (Wildman–Crippen LogP) is 1.67. The van der Waals surface area contributed by atoms with Gasteiger partial charge in [-0.2, -0.15) is 5.10 Å². The van der Waals surface area contributed by atoms with Gasteiger partial charge in [-0.1, -0.05) is 6.92 Å². The Morgan fingerprint density at radius 2 is 2.47 bits per heavy atom. The van der Waals surface area contributed by atoms with Crippen LogP contribution in [0.15, 0.2) is 12.4 Å². The van der Waals surface area contributed by atoms with Gasteiger partial charge in [-0.05, 0) is 25.2 Å².